The summed E-state index contributed by atoms with van der Waals surface area (Å²) in [5.74, 6) is -0.590. The van der Waals surface area contributed by atoms with Gasteiger partial charge in [-0.3, -0.25) is 4.79 Å². The largest absolute Gasteiger partial charge is 0.433 e. The van der Waals surface area contributed by atoms with Crippen LogP contribution in [-0.4, -0.2) is 74.9 Å². The average molecular weight is 487 g/mol. The molecule has 0 aromatic carbocycles. The summed E-state index contributed by atoms with van der Waals surface area (Å²) in [6.45, 7) is 1.62. The molecule has 6 unspecified atom stereocenters. The maximum absolute atomic E-state index is 11.9. The highest BCUT2D eigenvalue weighted by Gasteiger charge is 2.45. The first-order valence-electron chi connectivity index (χ1n) is 12.9. The number of allylic oxidation sites excluding steroid dienone is 3. The molecule has 5 N–H and O–H groups in total. The van der Waals surface area contributed by atoms with Crippen LogP contribution in [0.1, 0.15) is 90.4 Å². The molecule has 1 saturated heterocycles. The second-order valence-corrected chi connectivity index (χ2v) is 9.03. The lowest BCUT2D eigenvalue weighted by Crippen LogP contribution is -2.59. The van der Waals surface area contributed by atoms with Crippen LogP contribution in [-0.2, 0) is 14.3 Å². The molecule has 1 heterocycles. The molecular formula is C26H46O8. The lowest BCUT2D eigenvalue weighted by atomic mass is 9.99. The van der Waals surface area contributed by atoms with Crippen LogP contribution in [0.25, 0.3) is 0 Å². The van der Waals surface area contributed by atoms with Gasteiger partial charge in [0.05, 0.1) is 12.7 Å². The van der Waals surface area contributed by atoms with E-state index < -0.39 is 43.3 Å². The first-order chi connectivity index (χ1) is 16.4. The van der Waals surface area contributed by atoms with E-state index >= 15 is 0 Å². The molecule has 8 nitrogen and oxygen atoms in total. The van der Waals surface area contributed by atoms with E-state index in [2.05, 4.69) is 13.0 Å². The predicted octanol–water partition coefficient (Wildman–Crippen LogP) is 2.89. The number of carbonyl (C=O) groups excluding carboxylic acids is 1. The second kappa shape index (κ2) is 19.0. The van der Waals surface area contributed by atoms with Gasteiger partial charge in [0.15, 0.2) is 0 Å². The van der Waals surface area contributed by atoms with Crippen LogP contribution in [0, 0.1) is 0 Å². The molecule has 34 heavy (non-hydrogen) atoms. The fourth-order valence-corrected chi connectivity index (χ4v) is 3.80. The molecule has 0 bridgehead atoms. The van der Waals surface area contributed by atoms with E-state index in [0.29, 0.717) is 6.42 Å². The fourth-order valence-electron chi connectivity index (χ4n) is 3.80. The van der Waals surface area contributed by atoms with Gasteiger partial charge in [-0.2, -0.15) is 0 Å². The van der Waals surface area contributed by atoms with Crippen molar-refractivity contribution in [1.29, 1.82) is 0 Å². The van der Waals surface area contributed by atoms with Gasteiger partial charge in [-0.05, 0) is 38.5 Å². The van der Waals surface area contributed by atoms with E-state index in [4.69, 9.17) is 14.6 Å². The number of ether oxygens (including phenoxy) is 2. The van der Waals surface area contributed by atoms with E-state index in [0.717, 1.165) is 51.4 Å². The number of aliphatic hydroxyl groups excluding tert-OH is 5. The molecule has 6 atom stereocenters. The standard InChI is InChI=1S/C26H46O8/c1-2-3-4-13-16-20(28)17-14-11-9-7-5-6-8-10-12-15-18-22(29)34-26-25(32)24(31)23(30)21(19-27)33-26/h10,12,14,17,20-21,23-28,30-32H,2-9,11,13,15-16,18-19H2,1H3. The minimum atomic E-state index is -1.58. The molecular weight excluding hydrogens is 440 g/mol. The highest BCUT2D eigenvalue weighted by Crippen LogP contribution is 2.22. The summed E-state index contributed by atoms with van der Waals surface area (Å²) in [7, 11) is 0. The summed E-state index contributed by atoms with van der Waals surface area (Å²) in [4.78, 5) is 11.9. The molecule has 0 radical (unpaired) electrons. The van der Waals surface area contributed by atoms with Crippen LogP contribution in [0.15, 0.2) is 24.3 Å². The van der Waals surface area contributed by atoms with Crippen LogP contribution < -0.4 is 0 Å². The molecule has 1 rings (SSSR count). The van der Waals surface area contributed by atoms with Gasteiger partial charge < -0.3 is 35.0 Å². The number of rotatable bonds is 18. The van der Waals surface area contributed by atoms with E-state index in [1.165, 1.54) is 19.3 Å². The zero-order valence-corrected chi connectivity index (χ0v) is 20.6. The maximum Gasteiger partial charge on any atom is 0.308 e. The number of esters is 1. The van der Waals surface area contributed by atoms with Crippen LogP contribution >= 0.6 is 0 Å². The molecule has 0 aliphatic carbocycles. The van der Waals surface area contributed by atoms with Crippen molar-refractivity contribution in [2.24, 2.45) is 0 Å². The number of aliphatic hydroxyl groups is 5. The van der Waals surface area contributed by atoms with Crippen molar-refractivity contribution in [3.05, 3.63) is 24.3 Å². The van der Waals surface area contributed by atoms with E-state index in [9.17, 15) is 25.2 Å². The molecule has 0 aromatic rings. The van der Waals surface area contributed by atoms with Crippen LogP contribution in [0.2, 0.25) is 0 Å². The molecule has 1 aliphatic rings. The van der Waals surface area contributed by atoms with Crippen molar-refractivity contribution >= 4 is 5.97 Å². The van der Waals surface area contributed by atoms with E-state index in [-0.39, 0.29) is 12.5 Å². The Balaban J connectivity index is 2.03. The molecule has 0 spiro atoms. The number of hydrogen-bond acceptors (Lipinski definition) is 8. The smallest absolute Gasteiger partial charge is 0.308 e. The average Bonchev–Trinajstić information content (AvgIpc) is 2.82. The Bertz CT molecular complexity index is 577. The topological polar surface area (TPSA) is 137 Å². The monoisotopic (exact) mass is 486 g/mol. The van der Waals surface area contributed by atoms with Crippen molar-refractivity contribution in [2.75, 3.05) is 6.61 Å². The highest BCUT2D eigenvalue weighted by atomic mass is 16.7. The SMILES string of the molecule is CCCCCCC(O)C=CCCCCCCC=CCCC(=O)OC1OC(CO)C(O)C(O)C1O. The van der Waals surface area contributed by atoms with Crippen LogP contribution in [0.3, 0.4) is 0 Å². The molecule has 1 aliphatic heterocycles. The maximum atomic E-state index is 11.9. The third kappa shape index (κ3) is 13.0. The molecule has 0 aromatic heterocycles. The van der Waals surface area contributed by atoms with Crippen LogP contribution in [0.5, 0.6) is 0 Å². The molecule has 0 amide bonds. The number of hydrogen-bond donors (Lipinski definition) is 5. The van der Waals surface area contributed by atoms with Gasteiger partial charge in [0.1, 0.15) is 24.4 Å². The number of carbonyl (C=O) groups is 1. The summed E-state index contributed by atoms with van der Waals surface area (Å²) in [6, 6.07) is 0. The van der Waals surface area contributed by atoms with E-state index in [1.54, 1.807) is 0 Å². The van der Waals surface area contributed by atoms with Gasteiger partial charge in [0.25, 0.3) is 0 Å². The van der Waals surface area contributed by atoms with Crippen molar-refractivity contribution in [2.45, 2.75) is 127 Å². The molecule has 8 heteroatoms. The van der Waals surface area contributed by atoms with Crippen molar-refractivity contribution < 1.29 is 39.8 Å². The molecule has 1 fully saturated rings. The zero-order chi connectivity index (χ0) is 25.2. The summed E-state index contributed by atoms with van der Waals surface area (Å²) in [5.41, 5.74) is 0. The first kappa shape index (κ1) is 30.7. The quantitative estimate of drug-likeness (QED) is 0.113. The predicted molar refractivity (Wildman–Crippen MR) is 130 cm³/mol. The third-order valence-corrected chi connectivity index (χ3v) is 5.98. The lowest BCUT2D eigenvalue weighted by Gasteiger charge is -2.39. The van der Waals surface area contributed by atoms with Crippen molar-refractivity contribution in [3.8, 4) is 0 Å². The normalized spacial score (nSPS) is 26.4. The Kier molecular flexibility index (Phi) is 17.1. The van der Waals surface area contributed by atoms with Gasteiger partial charge >= 0.3 is 5.97 Å². The Hall–Kier alpha value is -1.29. The van der Waals surface area contributed by atoms with Crippen LogP contribution in [0.4, 0.5) is 0 Å². The van der Waals surface area contributed by atoms with Crippen molar-refractivity contribution in [1.82, 2.24) is 0 Å². The zero-order valence-electron chi connectivity index (χ0n) is 20.6. The lowest BCUT2D eigenvalue weighted by molar-refractivity contribution is -0.292. The number of unbranched alkanes of at least 4 members (excludes halogenated alkanes) is 8. The Labute approximate surface area is 204 Å². The minimum absolute atomic E-state index is 0.0995. The summed E-state index contributed by atoms with van der Waals surface area (Å²) < 4.78 is 10.2. The second-order valence-electron chi connectivity index (χ2n) is 9.03. The highest BCUT2D eigenvalue weighted by molar-refractivity contribution is 5.69. The Morgan fingerprint density at radius 2 is 1.53 bits per heavy atom. The van der Waals surface area contributed by atoms with Gasteiger partial charge in [0.2, 0.25) is 6.29 Å². The first-order valence-corrected chi connectivity index (χ1v) is 12.9. The van der Waals surface area contributed by atoms with E-state index in [1.807, 2.05) is 18.2 Å². The fraction of sp³-hybridized carbons (Fsp3) is 0.808. The summed E-state index contributed by atoms with van der Waals surface area (Å²) >= 11 is 0. The van der Waals surface area contributed by atoms with Gasteiger partial charge in [-0.1, -0.05) is 69.8 Å². The van der Waals surface area contributed by atoms with Gasteiger partial charge in [-0.25, -0.2) is 0 Å². The van der Waals surface area contributed by atoms with Gasteiger partial charge in [0, 0.05) is 6.42 Å². The Morgan fingerprint density at radius 3 is 2.21 bits per heavy atom. The minimum Gasteiger partial charge on any atom is -0.433 e. The van der Waals surface area contributed by atoms with Crippen molar-refractivity contribution in [3.63, 3.8) is 0 Å². The summed E-state index contributed by atoms with van der Waals surface area (Å²) in [5, 5.41) is 48.4. The molecule has 0 saturated carbocycles. The summed E-state index contributed by atoms with van der Waals surface area (Å²) in [6.07, 6.45) is 13.1. The Morgan fingerprint density at radius 1 is 0.882 bits per heavy atom. The third-order valence-electron chi connectivity index (χ3n) is 5.98. The van der Waals surface area contributed by atoms with Gasteiger partial charge in [-0.15, -0.1) is 0 Å². The molecule has 198 valence electrons.